The maximum absolute atomic E-state index is 12.6. The van der Waals surface area contributed by atoms with E-state index in [0.29, 0.717) is 4.88 Å². The number of aryl methyl sites for hydroxylation is 2. The van der Waals surface area contributed by atoms with Crippen LogP contribution in [0.25, 0.3) is 4.96 Å². The van der Waals surface area contributed by atoms with Gasteiger partial charge in [0.2, 0.25) is 4.96 Å². The maximum atomic E-state index is 12.6. The predicted octanol–water partition coefficient (Wildman–Crippen LogP) is 4.55. The molecule has 2 heterocycles. The molecule has 0 aliphatic carbocycles. The molecule has 3 rings (SSSR count). The third-order valence-electron chi connectivity index (χ3n) is 3.67. The van der Waals surface area contributed by atoms with Crippen molar-refractivity contribution in [1.82, 2.24) is 14.6 Å². The summed E-state index contributed by atoms with van der Waals surface area (Å²) in [5, 5.41) is 11.3. The van der Waals surface area contributed by atoms with Crippen molar-refractivity contribution >= 4 is 43.8 Å². The Morgan fingerprint density at radius 2 is 2.04 bits per heavy atom. The molecule has 0 spiro atoms. The standard InChI is InChI=1S/C16H17BrN4OS/c1-8(2)14-19-20-16-21(14)10(4)13(23-16)15(22)18-11-6-5-9(3)12(17)7-11/h5-8H,1-4H3,(H,18,22). The number of amides is 1. The van der Waals surface area contributed by atoms with Crippen molar-refractivity contribution in [2.75, 3.05) is 5.32 Å². The van der Waals surface area contributed by atoms with Gasteiger partial charge < -0.3 is 5.32 Å². The molecule has 0 aliphatic rings. The number of anilines is 1. The van der Waals surface area contributed by atoms with E-state index in [9.17, 15) is 4.79 Å². The minimum Gasteiger partial charge on any atom is -0.321 e. The summed E-state index contributed by atoms with van der Waals surface area (Å²) in [7, 11) is 0. The Morgan fingerprint density at radius 3 is 2.70 bits per heavy atom. The van der Waals surface area contributed by atoms with Crippen LogP contribution in [0.15, 0.2) is 22.7 Å². The van der Waals surface area contributed by atoms with E-state index in [0.717, 1.165) is 32.2 Å². The maximum Gasteiger partial charge on any atom is 0.267 e. The van der Waals surface area contributed by atoms with E-state index in [2.05, 4.69) is 45.3 Å². The van der Waals surface area contributed by atoms with Crippen LogP contribution in [0, 0.1) is 13.8 Å². The second kappa shape index (κ2) is 6.05. The monoisotopic (exact) mass is 392 g/mol. The van der Waals surface area contributed by atoms with Gasteiger partial charge in [-0.15, -0.1) is 10.2 Å². The Hall–Kier alpha value is -1.73. The highest BCUT2D eigenvalue weighted by atomic mass is 79.9. The van der Waals surface area contributed by atoms with E-state index < -0.39 is 0 Å². The fraction of sp³-hybridized carbons (Fsp3) is 0.312. The first-order valence-corrected chi connectivity index (χ1v) is 8.91. The highest BCUT2D eigenvalue weighted by molar-refractivity contribution is 9.10. The molecule has 3 aromatic rings. The molecule has 0 aliphatic heterocycles. The van der Waals surface area contributed by atoms with Crippen molar-refractivity contribution in [2.45, 2.75) is 33.6 Å². The number of hydrogen-bond donors (Lipinski definition) is 1. The van der Waals surface area contributed by atoms with E-state index in [1.54, 1.807) is 0 Å². The quantitative estimate of drug-likeness (QED) is 0.711. The highest BCUT2D eigenvalue weighted by Crippen LogP contribution is 2.27. The molecule has 0 saturated carbocycles. The molecule has 7 heteroatoms. The number of thiazole rings is 1. The van der Waals surface area contributed by atoms with E-state index >= 15 is 0 Å². The smallest absolute Gasteiger partial charge is 0.267 e. The van der Waals surface area contributed by atoms with Gasteiger partial charge in [0.05, 0.1) is 0 Å². The summed E-state index contributed by atoms with van der Waals surface area (Å²) in [5.41, 5.74) is 2.77. The molecule has 2 aromatic heterocycles. The second-order valence-electron chi connectivity index (χ2n) is 5.77. The Labute approximate surface area is 146 Å². The van der Waals surface area contributed by atoms with E-state index in [-0.39, 0.29) is 11.8 Å². The van der Waals surface area contributed by atoms with Gasteiger partial charge in [-0.2, -0.15) is 0 Å². The van der Waals surface area contributed by atoms with Gasteiger partial charge in [0, 0.05) is 21.8 Å². The molecule has 23 heavy (non-hydrogen) atoms. The Bertz CT molecular complexity index is 897. The first-order chi connectivity index (χ1) is 10.9. The number of carbonyl (C=O) groups excluding carboxylic acids is 1. The molecule has 1 aromatic carbocycles. The molecular formula is C16H17BrN4OS. The minimum absolute atomic E-state index is 0.122. The van der Waals surface area contributed by atoms with E-state index in [4.69, 9.17) is 0 Å². The lowest BCUT2D eigenvalue weighted by Gasteiger charge is -2.07. The number of nitrogens with zero attached hydrogens (tertiary/aromatic N) is 3. The Morgan fingerprint density at radius 1 is 1.30 bits per heavy atom. The molecule has 1 N–H and O–H groups in total. The zero-order chi connectivity index (χ0) is 16.7. The van der Waals surface area contributed by atoms with Gasteiger partial charge in [0.1, 0.15) is 10.7 Å². The summed E-state index contributed by atoms with van der Waals surface area (Å²) in [5.74, 6) is 1.01. The van der Waals surface area contributed by atoms with Gasteiger partial charge in [0.25, 0.3) is 5.91 Å². The average molecular weight is 393 g/mol. The van der Waals surface area contributed by atoms with Crippen LogP contribution in [0.1, 0.15) is 46.5 Å². The van der Waals surface area contributed by atoms with Gasteiger partial charge in [-0.05, 0) is 31.5 Å². The second-order valence-corrected chi connectivity index (χ2v) is 7.60. The number of halogens is 1. The van der Waals surface area contributed by atoms with Crippen molar-refractivity contribution in [2.24, 2.45) is 0 Å². The number of fused-ring (bicyclic) bond motifs is 1. The summed E-state index contributed by atoms with van der Waals surface area (Å²) < 4.78 is 2.94. The largest absolute Gasteiger partial charge is 0.321 e. The van der Waals surface area contributed by atoms with Crippen LogP contribution >= 0.6 is 27.3 Å². The Balaban J connectivity index is 1.94. The molecule has 0 bridgehead atoms. The molecular weight excluding hydrogens is 376 g/mol. The lowest BCUT2D eigenvalue weighted by molar-refractivity contribution is 0.102. The molecule has 0 saturated heterocycles. The van der Waals surface area contributed by atoms with Crippen molar-refractivity contribution < 1.29 is 4.79 Å². The summed E-state index contributed by atoms with van der Waals surface area (Å²) >= 11 is 4.85. The van der Waals surface area contributed by atoms with Crippen LogP contribution < -0.4 is 5.32 Å². The van der Waals surface area contributed by atoms with Crippen LogP contribution in [0.5, 0.6) is 0 Å². The normalized spacial score (nSPS) is 11.4. The minimum atomic E-state index is -0.122. The van der Waals surface area contributed by atoms with Crippen LogP contribution in [0.2, 0.25) is 0 Å². The number of carbonyl (C=O) groups is 1. The average Bonchev–Trinajstić information content (AvgIpc) is 3.04. The summed E-state index contributed by atoms with van der Waals surface area (Å²) in [6.07, 6.45) is 0. The van der Waals surface area contributed by atoms with Crippen molar-refractivity contribution in [1.29, 1.82) is 0 Å². The van der Waals surface area contributed by atoms with Crippen LogP contribution in [0.4, 0.5) is 5.69 Å². The third kappa shape index (κ3) is 2.90. The Kier molecular flexibility index (Phi) is 4.25. The topological polar surface area (TPSA) is 59.3 Å². The number of rotatable bonds is 3. The molecule has 5 nitrogen and oxygen atoms in total. The van der Waals surface area contributed by atoms with Crippen molar-refractivity contribution in [3.63, 3.8) is 0 Å². The third-order valence-corrected chi connectivity index (χ3v) is 5.65. The highest BCUT2D eigenvalue weighted by Gasteiger charge is 2.21. The number of hydrogen-bond acceptors (Lipinski definition) is 4. The first-order valence-electron chi connectivity index (χ1n) is 7.30. The van der Waals surface area contributed by atoms with Crippen LogP contribution in [-0.4, -0.2) is 20.5 Å². The zero-order valence-corrected chi connectivity index (χ0v) is 15.7. The molecule has 0 fully saturated rings. The van der Waals surface area contributed by atoms with Crippen molar-refractivity contribution in [3.8, 4) is 0 Å². The van der Waals surface area contributed by atoms with E-state index in [1.165, 1.54) is 11.3 Å². The molecule has 0 unspecified atom stereocenters. The van der Waals surface area contributed by atoms with E-state index in [1.807, 2.05) is 36.4 Å². The van der Waals surface area contributed by atoms with Crippen LogP contribution in [-0.2, 0) is 0 Å². The fourth-order valence-corrected chi connectivity index (χ4v) is 3.72. The van der Waals surface area contributed by atoms with Gasteiger partial charge in [-0.3, -0.25) is 9.20 Å². The number of benzene rings is 1. The predicted molar refractivity (Wildman–Crippen MR) is 96.5 cm³/mol. The molecule has 1 amide bonds. The van der Waals surface area contributed by atoms with Gasteiger partial charge >= 0.3 is 0 Å². The molecule has 120 valence electrons. The summed E-state index contributed by atoms with van der Waals surface area (Å²) in [6, 6.07) is 5.77. The van der Waals surface area contributed by atoms with Crippen LogP contribution in [0.3, 0.4) is 0 Å². The molecule has 0 radical (unpaired) electrons. The first kappa shape index (κ1) is 16.1. The fourth-order valence-electron chi connectivity index (χ4n) is 2.37. The SMILES string of the molecule is Cc1ccc(NC(=O)c2sc3nnc(C(C)C)n3c2C)cc1Br. The van der Waals surface area contributed by atoms with Gasteiger partial charge in [-0.25, -0.2) is 0 Å². The van der Waals surface area contributed by atoms with Crippen molar-refractivity contribution in [3.05, 3.63) is 44.6 Å². The summed E-state index contributed by atoms with van der Waals surface area (Å²) in [4.78, 5) is 14.0. The van der Waals surface area contributed by atoms with Gasteiger partial charge in [0.15, 0.2) is 0 Å². The molecule has 0 atom stereocenters. The number of aromatic nitrogens is 3. The number of nitrogens with one attached hydrogen (secondary N) is 1. The van der Waals surface area contributed by atoms with Gasteiger partial charge in [-0.1, -0.05) is 47.2 Å². The summed E-state index contributed by atoms with van der Waals surface area (Å²) in [6.45, 7) is 8.07. The lowest BCUT2D eigenvalue weighted by atomic mass is 10.2. The zero-order valence-electron chi connectivity index (χ0n) is 13.3. The lowest BCUT2D eigenvalue weighted by Crippen LogP contribution is -2.12.